The van der Waals surface area contributed by atoms with Gasteiger partial charge in [-0.15, -0.1) is 0 Å². The van der Waals surface area contributed by atoms with Crippen LogP contribution in [0, 0.1) is 20.8 Å². The second kappa shape index (κ2) is 4.45. The van der Waals surface area contributed by atoms with Gasteiger partial charge in [0.1, 0.15) is 6.10 Å². The van der Waals surface area contributed by atoms with Crippen LogP contribution in [-0.2, 0) is 11.3 Å². The van der Waals surface area contributed by atoms with Gasteiger partial charge in [-0.1, -0.05) is 47.1 Å². The molecule has 1 aliphatic heterocycles. The monoisotopic (exact) mass is 277 g/mol. The Morgan fingerprint density at radius 1 is 1.05 bits per heavy atom. The maximum atomic E-state index is 5.75. The third-order valence-electron chi connectivity index (χ3n) is 4.70. The Balaban J connectivity index is 1.85. The summed E-state index contributed by atoms with van der Waals surface area (Å²) >= 11 is 0. The Morgan fingerprint density at radius 2 is 1.76 bits per heavy atom. The molecule has 0 radical (unpaired) electrons. The van der Waals surface area contributed by atoms with Gasteiger partial charge in [-0.25, -0.2) is 0 Å². The maximum absolute atomic E-state index is 5.75. The van der Waals surface area contributed by atoms with Crippen molar-refractivity contribution in [1.29, 1.82) is 0 Å². The van der Waals surface area contributed by atoms with Gasteiger partial charge in [0.05, 0.1) is 11.6 Å². The smallest absolute Gasteiger partial charge is 0.144 e. The number of fused-ring (bicyclic) bond motifs is 3. The molecule has 2 nitrogen and oxygen atoms in total. The number of oxime groups is 1. The van der Waals surface area contributed by atoms with E-state index >= 15 is 0 Å². The number of hydrogen-bond donors (Lipinski definition) is 0. The van der Waals surface area contributed by atoms with Gasteiger partial charge in [0, 0.05) is 12.0 Å². The molecule has 4 rings (SSSR count). The van der Waals surface area contributed by atoms with Crippen molar-refractivity contribution in [2.45, 2.75) is 39.2 Å². The zero-order valence-electron chi connectivity index (χ0n) is 12.7. The molecule has 106 valence electrons. The molecule has 0 amide bonds. The Kier molecular flexibility index (Phi) is 2.68. The molecule has 0 fully saturated rings. The van der Waals surface area contributed by atoms with Crippen LogP contribution < -0.4 is 0 Å². The van der Waals surface area contributed by atoms with Crippen LogP contribution in [-0.4, -0.2) is 11.8 Å². The normalized spacial score (nSPS) is 22.5. The average Bonchev–Trinajstić information content (AvgIpc) is 2.97. The van der Waals surface area contributed by atoms with E-state index in [2.05, 4.69) is 62.3 Å². The van der Waals surface area contributed by atoms with Crippen molar-refractivity contribution >= 4 is 5.71 Å². The number of nitrogens with zero attached hydrogens (tertiary/aromatic N) is 1. The molecule has 21 heavy (non-hydrogen) atoms. The molecular weight excluding hydrogens is 258 g/mol. The molecule has 2 aliphatic rings. The van der Waals surface area contributed by atoms with Crippen molar-refractivity contribution in [3.63, 3.8) is 0 Å². The SMILES string of the molecule is Cc1cc(C)c(C2=NOC3Cc4ccccc4C23)c(C)c1. The minimum Gasteiger partial charge on any atom is -0.391 e. The molecule has 2 aromatic rings. The van der Waals surface area contributed by atoms with Gasteiger partial charge in [-0.3, -0.25) is 0 Å². The van der Waals surface area contributed by atoms with E-state index < -0.39 is 0 Å². The number of rotatable bonds is 1. The first-order valence-electron chi connectivity index (χ1n) is 7.55. The van der Waals surface area contributed by atoms with Crippen LogP contribution in [0.4, 0.5) is 0 Å². The van der Waals surface area contributed by atoms with Gasteiger partial charge < -0.3 is 4.84 Å². The summed E-state index contributed by atoms with van der Waals surface area (Å²) < 4.78 is 0. The fourth-order valence-electron chi connectivity index (χ4n) is 3.95. The van der Waals surface area contributed by atoms with E-state index in [0.29, 0.717) is 5.92 Å². The van der Waals surface area contributed by atoms with Crippen molar-refractivity contribution in [1.82, 2.24) is 0 Å². The molecule has 2 unspecified atom stereocenters. The van der Waals surface area contributed by atoms with E-state index in [0.717, 1.165) is 12.1 Å². The third kappa shape index (κ3) is 1.82. The third-order valence-corrected chi connectivity index (χ3v) is 4.70. The van der Waals surface area contributed by atoms with Crippen LogP contribution in [0.3, 0.4) is 0 Å². The minimum absolute atomic E-state index is 0.178. The molecular formula is C19H19NO. The van der Waals surface area contributed by atoms with E-state index in [9.17, 15) is 0 Å². The highest BCUT2D eigenvalue weighted by atomic mass is 16.6. The van der Waals surface area contributed by atoms with E-state index in [-0.39, 0.29) is 6.10 Å². The maximum Gasteiger partial charge on any atom is 0.144 e. The van der Waals surface area contributed by atoms with E-state index in [1.807, 2.05) is 0 Å². The lowest BCUT2D eigenvalue weighted by molar-refractivity contribution is 0.0839. The first kappa shape index (κ1) is 12.6. The van der Waals surface area contributed by atoms with Crippen molar-refractivity contribution in [3.8, 4) is 0 Å². The summed E-state index contributed by atoms with van der Waals surface area (Å²) in [5.74, 6) is 0.293. The number of hydrogen-bond acceptors (Lipinski definition) is 2. The Morgan fingerprint density at radius 3 is 2.52 bits per heavy atom. The zero-order valence-corrected chi connectivity index (χ0v) is 12.7. The second-order valence-corrected chi connectivity index (χ2v) is 6.27. The number of aryl methyl sites for hydroxylation is 3. The molecule has 2 atom stereocenters. The van der Waals surface area contributed by atoms with Crippen molar-refractivity contribution in [2.24, 2.45) is 5.16 Å². The zero-order chi connectivity index (χ0) is 14.6. The minimum atomic E-state index is 0.178. The predicted octanol–water partition coefficient (Wildman–Crippen LogP) is 4.05. The highest BCUT2D eigenvalue weighted by Crippen LogP contribution is 2.42. The molecule has 0 saturated heterocycles. The lowest BCUT2D eigenvalue weighted by Gasteiger charge is -2.16. The second-order valence-electron chi connectivity index (χ2n) is 6.27. The molecule has 2 aromatic carbocycles. The number of benzene rings is 2. The summed E-state index contributed by atoms with van der Waals surface area (Å²) in [7, 11) is 0. The lowest BCUT2D eigenvalue weighted by Crippen LogP contribution is -2.19. The van der Waals surface area contributed by atoms with E-state index in [1.54, 1.807) is 0 Å². The molecule has 1 heterocycles. The highest BCUT2D eigenvalue weighted by molar-refractivity contribution is 6.08. The van der Waals surface area contributed by atoms with Crippen LogP contribution >= 0.6 is 0 Å². The molecule has 2 heteroatoms. The highest BCUT2D eigenvalue weighted by Gasteiger charge is 2.43. The summed E-state index contributed by atoms with van der Waals surface area (Å²) in [5.41, 5.74) is 9.06. The van der Waals surface area contributed by atoms with Crippen LogP contribution in [0.1, 0.15) is 39.3 Å². The van der Waals surface area contributed by atoms with Gasteiger partial charge >= 0.3 is 0 Å². The van der Waals surface area contributed by atoms with Crippen LogP contribution in [0.2, 0.25) is 0 Å². The molecule has 1 aliphatic carbocycles. The Hall–Kier alpha value is -2.09. The molecule has 0 N–H and O–H groups in total. The molecule has 0 bridgehead atoms. The fraction of sp³-hybridized carbons (Fsp3) is 0.316. The lowest BCUT2D eigenvalue weighted by atomic mass is 9.86. The standard InChI is InChI=1S/C19H19NO/c1-11-8-12(2)17(13(3)9-11)19-18-15-7-5-4-6-14(15)10-16(18)21-20-19/h4-9,16,18H,10H2,1-3H3. The summed E-state index contributed by atoms with van der Waals surface area (Å²) in [6.45, 7) is 6.49. The molecule has 0 saturated carbocycles. The first-order valence-corrected chi connectivity index (χ1v) is 7.55. The van der Waals surface area contributed by atoms with E-state index in [1.165, 1.54) is 33.4 Å². The average molecular weight is 277 g/mol. The van der Waals surface area contributed by atoms with E-state index in [4.69, 9.17) is 4.84 Å². The first-order chi connectivity index (χ1) is 10.1. The van der Waals surface area contributed by atoms with Crippen LogP contribution in [0.5, 0.6) is 0 Å². The quantitative estimate of drug-likeness (QED) is 0.770. The van der Waals surface area contributed by atoms with Gasteiger partial charge in [-0.2, -0.15) is 0 Å². The van der Waals surface area contributed by atoms with Gasteiger partial charge in [0.2, 0.25) is 0 Å². The van der Waals surface area contributed by atoms with Crippen molar-refractivity contribution in [2.75, 3.05) is 0 Å². The van der Waals surface area contributed by atoms with Gasteiger partial charge in [0.15, 0.2) is 0 Å². The van der Waals surface area contributed by atoms with Crippen molar-refractivity contribution in [3.05, 3.63) is 69.8 Å². The summed E-state index contributed by atoms with van der Waals surface area (Å²) in [6, 6.07) is 13.1. The van der Waals surface area contributed by atoms with Crippen LogP contribution in [0.25, 0.3) is 0 Å². The summed E-state index contributed by atoms with van der Waals surface area (Å²) in [4.78, 5) is 5.75. The summed E-state index contributed by atoms with van der Waals surface area (Å²) in [6.07, 6.45) is 1.15. The van der Waals surface area contributed by atoms with Crippen molar-refractivity contribution < 1.29 is 4.84 Å². The molecule has 0 aromatic heterocycles. The van der Waals surface area contributed by atoms with Gasteiger partial charge in [-0.05, 0) is 43.0 Å². The predicted molar refractivity (Wildman–Crippen MR) is 85.0 cm³/mol. The largest absolute Gasteiger partial charge is 0.391 e. The van der Waals surface area contributed by atoms with Crippen LogP contribution in [0.15, 0.2) is 41.6 Å². The Bertz CT molecular complexity index is 737. The topological polar surface area (TPSA) is 21.6 Å². The fourth-order valence-corrected chi connectivity index (χ4v) is 3.95. The Labute approximate surface area is 125 Å². The summed E-state index contributed by atoms with van der Waals surface area (Å²) in [5, 5.41) is 4.46. The van der Waals surface area contributed by atoms with Gasteiger partial charge in [0.25, 0.3) is 0 Å². The molecule has 0 spiro atoms.